The number of carbonyl (C=O) groups is 1. The minimum Gasteiger partial charge on any atom is -0.375 e. The zero-order chi connectivity index (χ0) is 13.0. The van der Waals surface area contributed by atoms with Crippen molar-refractivity contribution in [1.82, 2.24) is 5.32 Å². The Labute approximate surface area is 111 Å². The summed E-state index contributed by atoms with van der Waals surface area (Å²) in [6.07, 6.45) is 7.47. The van der Waals surface area contributed by atoms with Gasteiger partial charge in [-0.3, -0.25) is 4.79 Å². The molecule has 1 saturated heterocycles. The molecule has 3 nitrogen and oxygen atoms in total. The van der Waals surface area contributed by atoms with E-state index in [1.165, 1.54) is 25.7 Å². The SMILES string of the molecule is CC(C)NCCC(=O)C1CCOC2(CCCC2)C1. The fourth-order valence-corrected chi connectivity index (χ4v) is 3.36. The summed E-state index contributed by atoms with van der Waals surface area (Å²) in [5, 5.41) is 3.32. The molecular formula is C15H27NO2. The molecule has 1 saturated carbocycles. The summed E-state index contributed by atoms with van der Waals surface area (Å²) in [6, 6.07) is 0.466. The number of nitrogens with one attached hydrogen (secondary N) is 1. The minimum absolute atomic E-state index is 0.0735. The number of Topliss-reactive ketones (excluding diaryl/α,β-unsaturated/α-hetero) is 1. The average molecular weight is 253 g/mol. The van der Waals surface area contributed by atoms with Gasteiger partial charge < -0.3 is 10.1 Å². The first-order valence-electron chi connectivity index (χ1n) is 7.51. The van der Waals surface area contributed by atoms with E-state index in [1.54, 1.807) is 0 Å². The highest BCUT2D eigenvalue weighted by molar-refractivity contribution is 5.81. The fraction of sp³-hybridized carbons (Fsp3) is 0.933. The van der Waals surface area contributed by atoms with Crippen LogP contribution in [-0.2, 0) is 9.53 Å². The highest BCUT2D eigenvalue weighted by Gasteiger charge is 2.41. The van der Waals surface area contributed by atoms with Gasteiger partial charge in [0.2, 0.25) is 0 Å². The second kappa shape index (κ2) is 6.16. The van der Waals surface area contributed by atoms with Crippen LogP contribution in [0.2, 0.25) is 0 Å². The van der Waals surface area contributed by atoms with Gasteiger partial charge in [0.25, 0.3) is 0 Å². The quantitative estimate of drug-likeness (QED) is 0.818. The zero-order valence-electron chi connectivity index (χ0n) is 11.8. The lowest BCUT2D eigenvalue weighted by Gasteiger charge is -2.37. The molecule has 3 heteroatoms. The first-order chi connectivity index (χ1) is 8.61. The maximum absolute atomic E-state index is 12.2. The molecule has 2 rings (SSSR count). The number of hydrogen-bond acceptors (Lipinski definition) is 3. The van der Waals surface area contributed by atoms with Gasteiger partial charge in [-0.2, -0.15) is 0 Å². The van der Waals surface area contributed by atoms with E-state index in [0.717, 1.165) is 26.0 Å². The van der Waals surface area contributed by atoms with Crippen LogP contribution in [0.4, 0.5) is 0 Å². The summed E-state index contributed by atoms with van der Waals surface area (Å²) >= 11 is 0. The van der Waals surface area contributed by atoms with Crippen LogP contribution < -0.4 is 5.32 Å². The molecule has 0 aromatic carbocycles. The minimum atomic E-state index is 0.0735. The summed E-state index contributed by atoms with van der Waals surface area (Å²) in [4.78, 5) is 12.2. The summed E-state index contributed by atoms with van der Waals surface area (Å²) in [6.45, 7) is 5.84. The van der Waals surface area contributed by atoms with Gasteiger partial charge in [-0.05, 0) is 25.7 Å². The van der Waals surface area contributed by atoms with Gasteiger partial charge in [0.05, 0.1) is 5.60 Å². The van der Waals surface area contributed by atoms with Crippen LogP contribution in [0.1, 0.15) is 58.8 Å². The monoisotopic (exact) mass is 253 g/mol. The lowest BCUT2D eigenvalue weighted by Crippen LogP contribution is -2.40. The topological polar surface area (TPSA) is 38.3 Å². The highest BCUT2D eigenvalue weighted by Crippen LogP contribution is 2.42. The molecule has 1 aliphatic carbocycles. The molecule has 0 amide bonds. The largest absolute Gasteiger partial charge is 0.375 e. The summed E-state index contributed by atoms with van der Waals surface area (Å²) < 4.78 is 5.98. The standard InChI is InChI=1S/C15H27NO2/c1-12(2)16-9-5-14(17)13-6-10-18-15(11-13)7-3-4-8-15/h12-13,16H,3-11H2,1-2H3. The Bertz CT molecular complexity index is 282. The number of hydrogen-bond donors (Lipinski definition) is 1. The molecule has 2 fully saturated rings. The Hall–Kier alpha value is -0.410. The van der Waals surface area contributed by atoms with E-state index in [2.05, 4.69) is 19.2 Å². The Morgan fingerprint density at radius 1 is 1.39 bits per heavy atom. The Kier molecular flexibility index (Phi) is 4.79. The third-order valence-corrected chi connectivity index (χ3v) is 4.39. The van der Waals surface area contributed by atoms with Crippen LogP contribution in [0.5, 0.6) is 0 Å². The molecule has 0 aromatic rings. The third-order valence-electron chi connectivity index (χ3n) is 4.39. The first kappa shape index (κ1) is 14.0. The van der Waals surface area contributed by atoms with Crippen LogP contribution >= 0.6 is 0 Å². The number of ketones is 1. The molecule has 104 valence electrons. The third kappa shape index (κ3) is 3.55. The lowest BCUT2D eigenvalue weighted by atomic mass is 9.81. The maximum Gasteiger partial charge on any atom is 0.137 e. The van der Waals surface area contributed by atoms with Crippen molar-refractivity contribution >= 4 is 5.78 Å². The fourth-order valence-electron chi connectivity index (χ4n) is 3.36. The smallest absolute Gasteiger partial charge is 0.137 e. The van der Waals surface area contributed by atoms with E-state index < -0.39 is 0 Å². The molecular weight excluding hydrogens is 226 g/mol. The molecule has 2 aliphatic rings. The van der Waals surface area contributed by atoms with Crippen LogP contribution in [0.3, 0.4) is 0 Å². The lowest BCUT2D eigenvalue weighted by molar-refractivity contribution is -0.136. The number of ether oxygens (including phenoxy) is 1. The van der Waals surface area contributed by atoms with Crippen molar-refractivity contribution in [3.05, 3.63) is 0 Å². The van der Waals surface area contributed by atoms with Gasteiger partial charge in [0.1, 0.15) is 5.78 Å². The van der Waals surface area contributed by atoms with Crippen LogP contribution in [0.15, 0.2) is 0 Å². The number of carbonyl (C=O) groups excluding carboxylic acids is 1. The number of rotatable bonds is 5. The molecule has 18 heavy (non-hydrogen) atoms. The second-order valence-corrected chi connectivity index (χ2v) is 6.25. The van der Waals surface area contributed by atoms with E-state index in [-0.39, 0.29) is 11.5 Å². The Balaban J connectivity index is 1.79. The van der Waals surface area contributed by atoms with Gasteiger partial charge >= 0.3 is 0 Å². The van der Waals surface area contributed by atoms with Crippen molar-refractivity contribution in [1.29, 1.82) is 0 Å². The Morgan fingerprint density at radius 2 is 2.11 bits per heavy atom. The molecule has 0 radical (unpaired) electrons. The molecule has 1 unspecified atom stereocenters. The summed E-state index contributed by atoms with van der Waals surface area (Å²) in [5.41, 5.74) is 0.0735. The molecule has 0 aromatic heterocycles. The van der Waals surface area contributed by atoms with Crippen LogP contribution in [-0.4, -0.2) is 30.6 Å². The van der Waals surface area contributed by atoms with E-state index in [0.29, 0.717) is 18.2 Å². The van der Waals surface area contributed by atoms with Crippen molar-refractivity contribution in [3.63, 3.8) is 0 Å². The van der Waals surface area contributed by atoms with Crippen molar-refractivity contribution in [3.8, 4) is 0 Å². The second-order valence-electron chi connectivity index (χ2n) is 6.25. The van der Waals surface area contributed by atoms with Crippen molar-refractivity contribution < 1.29 is 9.53 Å². The molecule has 1 spiro atoms. The van der Waals surface area contributed by atoms with Crippen molar-refractivity contribution in [2.45, 2.75) is 70.4 Å². The average Bonchev–Trinajstić information content (AvgIpc) is 2.76. The zero-order valence-corrected chi connectivity index (χ0v) is 11.8. The molecule has 0 bridgehead atoms. The highest BCUT2D eigenvalue weighted by atomic mass is 16.5. The maximum atomic E-state index is 12.2. The van der Waals surface area contributed by atoms with E-state index >= 15 is 0 Å². The summed E-state index contributed by atoms with van der Waals surface area (Å²) in [5.74, 6) is 0.698. The molecule has 1 heterocycles. The van der Waals surface area contributed by atoms with Crippen molar-refractivity contribution in [2.75, 3.05) is 13.2 Å². The van der Waals surface area contributed by atoms with E-state index in [4.69, 9.17) is 4.74 Å². The Morgan fingerprint density at radius 3 is 2.78 bits per heavy atom. The molecule has 1 aliphatic heterocycles. The normalized spacial score (nSPS) is 26.9. The molecule has 1 N–H and O–H groups in total. The predicted octanol–water partition coefficient (Wildman–Crippen LogP) is 2.68. The van der Waals surface area contributed by atoms with Crippen molar-refractivity contribution in [2.24, 2.45) is 5.92 Å². The van der Waals surface area contributed by atoms with E-state index in [9.17, 15) is 4.79 Å². The van der Waals surface area contributed by atoms with Gasteiger partial charge in [0.15, 0.2) is 0 Å². The first-order valence-corrected chi connectivity index (χ1v) is 7.51. The summed E-state index contributed by atoms with van der Waals surface area (Å²) in [7, 11) is 0. The van der Waals surface area contributed by atoms with Gasteiger partial charge in [-0.25, -0.2) is 0 Å². The van der Waals surface area contributed by atoms with Crippen LogP contribution in [0, 0.1) is 5.92 Å². The van der Waals surface area contributed by atoms with Gasteiger partial charge in [-0.1, -0.05) is 26.7 Å². The van der Waals surface area contributed by atoms with Gasteiger partial charge in [0, 0.05) is 31.5 Å². The predicted molar refractivity (Wildman–Crippen MR) is 72.6 cm³/mol. The van der Waals surface area contributed by atoms with E-state index in [1.807, 2.05) is 0 Å². The molecule has 1 atom stereocenters. The van der Waals surface area contributed by atoms with Crippen LogP contribution in [0.25, 0.3) is 0 Å². The van der Waals surface area contributed by atoms with Gasteiger partial charge in [-0.15, -0.1) is 0 Å².